The second-order valence-corrected chi connectivity index (χ2v) is 4.29. The van der Waals surface area contributed by atoms with Gasteiger partial charge in [0.25, 0.3) is 0 Å². The molecule has 0 N–H and O–H groups in total. The molecule has 3 nitrogen and oxygen atoms in total. The zero-order chi connectivity index (χ0) is 13.0. The number of ketones is 1. The number of carbonyl (C=O) groups excluding carboxylic acids is 1. The lowest BCUT2D eigenvalue weighted by molar-refractivity contribution is 0.101. The van der Waals surface area contributed by atoms with E-state index in [0.717, 1.165) is 23.4 Å². The van der Waals surface area contributed by atoms with Crippen molar-refractivity contribution < 1.29 is 4.79 Å². The first-order valence-electron chi connectivity index (χ1n) is 5.88. The van der Waals surface area contributed by atoms with E-state index in [1.54, 1.807) is 13.1 Å². The number of nitrogens with zero attached hydrogens (tertiary/aromatic N) is 2. The molecule has 2 aromatic rings. The number of pyridine rings is 1. The minimum absolute atomic E-state index is 0.0867. The van der Waals surface area contributed by atoms with Crippen molar-refractivity contribution in [2.75, 3.05) is 11.9 Å². The third-order valence-corrected chi connectivity index (χ3v) is 2.84. The molecule has 0 amide bonds. The predicted octanol–water partition coefficient (Wildman–Crippen LogP) is 2.92. The van der Waals surface area contributed by atoms with Gasteiger partial charge in [-0.3, -0.25) is 9.78 Å². The lowest BCUT2D eigenvalue weighted by Gasteiger charge is -2.21. The fourth-order valence-corrected chi connectivity index (χ4v) is 1.95. The number of benzene rings is 1. The monoisotopic (exact) mass is 240 g/mol. The number of hydrogen-bond donors (Lipinski definition) is 0. The molecule has 0 radical (unpaired) electrons. The van der Waals surface area contributed by atoms with Crippen LogP contribution in [0.5, 0.6) is 0 Å². The van der Waals surface area contributed by atoms with E-state index in [1.807, 2.05) is 49.6 Å². The Hall–Kier alpha value is -2.16. The van der Waals surface area contributed by atoms with Crippen LogP contribution in [0.2, 0.25) is 0 Å². The van der Waals surface area contributed by atoms with Gasteiger partial charge in [-0.05, 0) is 30.7 Å². The number of para-hydroxylation sites is 1. The summed E-state index contributed by atoms with van der Waals surface area (Å²) in [5.74, 6) is 0.0867. The van der Waals surface area contributed by atoms with Gasteiger partial charge in [-0.15, -0.1) is 0 Å². The number of carbonyl (C=O) groups is 1. The molecule has 0 unspecified atom stereocenters. The minimum Gasteiger partial charge on any atom is -0.370 e. The van der Waals surface area contributed by atoms with Crippen LogP contribution in [-0.2, 0) is 6.54 Å². The molecule has 92 valence electrons. The Labute approximate surface area is 107 Å². The summed E-state index contributed by atoms with van der Waals surface area (Å²) in [5, 5.41) is 0. The van der Waals surface area contributed by atoms with Crippen LogP contribution in [0.3, 0.4) is 0 Å². The van der Waals surface area contributed by atoms with Crippen LogP contribution in [0.25, 0.3) is 0 Å². The predicted molar refractivity (Wildman–Crippen MR) is 72.8 cm³/mol. The normalized spacial score (nSPS) is 10.1. The smallest absolute Gasteiger partial charge is 0.161 e. The quantitative estimate of drug-likeness (QED) is 0.770. The molecule has 3 heteroatoms. The van der Waals surface area contributed by atoms with Crippen LogP contribution in [0.15, 0.2) is 48.8 Å². The molecule has 0 aliphatic heterocycles. The summed E-state index contributed by atoms with van der Waals surface area (Å²) < 4.78 is 0. The Balaban J connectivity index is 2.24. The van der Waals surface area contributed by atoms with Gasteiger partial charge in [0.2, 0.25) is 0 Å². The molecule has 0 aliphatic rings. The van der Waals surface area contributed by atoms with Gasteiger partial charge in [-0.1, -0.05) is 18.2 Å². The van der Waals surface area contributed by atoms with Crippen molar-refractivity contribution in [3.8, 4) is 0 Å². The summed E-state index contributed by atoms with van der Waals surface area (Å²) in [6, 6.07) is 11.6. The summed E-state index contributed by atoms with van der Waals surface area (Å²) in [4.78, 5) is 17.7. The van der Waals surface area contributed by atoms with E-state index < -0.39 is 0 Å². The maximum absolute atomic E-state index is 11.6. The van der Waals surface area contributed by atoms with Crippen molar-refractivity contribution in [1.29, 1.82) is 0 Å². The first-order chi connectivity index (χ1) is 8.68. The first kappa shape index (κ1) is 12.3. The standard InChI is InChI=1S/C15H16N2O/c1-12(18)14-7-3-4-8-15(14)17(2)11-13-6-5-9-16-10-13/h3-10H,11H2,1-2H3. The Morgan fingerprint density at radius 3 is 2.67 bits per heavy atom. The third kappa shape index (κ3) is 2.74. The Kier molecular flexibility index (Phi) is 3.72. The van der Waals surface area contributed by atoms with Crippen molar-refractivity contribution in [2.24, 2.45) is 0 Å². The topological polar surface area (TPSA) is 33.2 Å². The van der Waals surface area contributed by atoms with E-state index in [9.17, 15) is 4.79 Å². The largest absolute Gasteiger partial charge is 0.370 e. The van der Waals surface area contributed by atoms with Gasteiger partial charge in [0.15, 0.2) is 5.78 Å². The number of rotatable bonds is 4. The summed E-state index contributed by atoms with van der Waals surface area (Å²) in [6.45, 7) is 2.33. The number of anilines is 1. The molecule has 1 aromatic heterocycles. The van der Waals surface area contributed by atoms with Gasteiger partial charge < -0.3 is 4.90 Å². The average Bonchev–Trinajstić information content (AvgIpc) is 2.40. The maximum atomic E-state index is 11.6. The lowest BCUT2D eigenvalue weighted by atomic mass is 10.1. The van der Waals surface area contributed by atoms with Crippen LogP contribution in [0, 0.1) is 0 Å². The first-order valence-corrected chi connectivity index (χ1v) is 5.88. The van der Waals surface area contributed by atoms with Crippen molar-refractivity contribution in [1.82, 2.24) is 4.98 Å². The molecule has 0 spiro atoms. The molecule has 1 heterocycles. The highest BCUT2D eigenvalue weighted by Gasteiger charge is 2.10. The summed E-state index contributed by atoms with van der Waals surface area (Å²) in [6.07, 6.45) is 3.60. The fourth-order valence-electron chi connectivity index (χ4n) is 1.95. The number of aromatic nitrogens is 1. The zero-order valence-corrected chi connectivity index (χ0v) is 10.6. The molecule has 0 bridgehead atoms. The maximum Gasteiger partial charge on any atom is 0.161 e. The molecule has 1 aromatic carbocycles. The molecule has 2 rings (SSSR count). The highest BCUT2D eigenvalue weighted by molar-refractivity contribution is 5.99. The molecule has 0 fully saturated rings. The Morgan fingerprint density at radius 1 is 1.22 bits per heavy atom. The fraction of sp³-hybridized carbons (Fsp3) is 0.200. The van der Waals surface area contributed by atoms with E-state index in [1.165, 1.54) is 0 Å². The molecule has 0 atom stereocenters. The van der Waals surface area contributed by atoms with Crippen molar-refractivity contribution >= 4 is 11.5 Å². The third-order valence-electron chi connectivity index (χ3n) is 2.84. The Bertz CT molecular complexity index is 537. The molecule has 0 saturated carbocycles. The molecular formula is C15H16N2O. The second kappa shape index (κ2) is 5.45. The molecular weight excluding hydrogens is 224 g/mol. The molecule has 18 heavy (non-hydrogen) atoms. The number of hydrogen-bond acceptors (Lipinski definition) is 3. The second-order valence-electron chi connectivity index (χ2n) is 4.29. The summed E-state index contributed by atoms with van der Waals surface area (Å²) >= 11 is 0. The SMILES string of the molecule is CC(=O)c1ccccc1N(C)Cc1cccnc1. The van der Waals surface area contributed by atoms with E-state index in [2.05, 4.69) is 9.88 Å². The van der Waals surface area contributed by atoms with Crippen LogP contribution < -0.4 is 4.90 Å². The molecule has 0 aliphatic carbocycles. The number of Topliss-reactive ketones (excluding diaryl/α,β-unsaturated/α-hetero) is 1. The van der Waals surface area contributed by atoms with Crippen LogP contribution in [0.1, 0.15) is 22.8 Å². The van der Waals surface area contributed by atoms with Gasteiger partial charge in [-0.25, -0.2) is 0 Å². The van der Waals surface area contributed by atoms with Gasteiger partial charge in [0.1, 0.15) is 0 Å². The van der Waals surface area contributed by atoms with Gasteiger partial charge in [0.05, 0.1) is 0 Å². The highest BCUT2D eigenvalue weighted by Crippen LogP contribution is 2.21. The molecule has 0 saturated heterocycles. The van der Waals surface area contributed by atoms with E-state index in [0.29, 0.717) is 0 Å². The summed E-state index contributed by atoms with van der Waals surface area (Å²) in [7, 11) is 1.98. The van der Waals surface area contributed by atoms with E-state index in [-0.39, 0.29) is 5.78 Å². The van der Waals surface area contributed by atoms with E-state index >= 15 is 0 Å². The highest BCUT2D eigenvalue weighted by atomic mass is 16.1. The minimum atomic E-state index is 0.0867. The average molecular weight is 240 g/mol. The summed E-state index contributed by atoms with van der Waals surface area (Å²) in [5.41, 5.74) is 2.83. The van der Waals surface area contributed by atoms with Crippen molar-refractivity contribution in [2.45, 2.75) is 13.5 Å². The lowest BCUT2D eigenvalue weighted by Crippen LogP contribution is -2.18. The van der Waals surface area contributed by atoms with Crippen molar-refractivity contribution in [3.05, 3.63) is 59.9 Å². The van der Waals surface area contributed by atoms with Gasteiger partial charge >= 0.3 is 0 Å². The van der Waals surface area contributed by atoms with Gasteiger partial charge in [0, 0.05) is 37.2 Å². The van der Waals surface area contributed by atoms with Crippen LogP contribution >= 0.6 is 0 Å². The van der Waals surface area contributed by atoms with Crippen LogP contribution in [0.4, 0.5) is 5.69 Å². The van der Waals surface area contributed by atoms with Gasteiger partial charge in [-0.2, -0.15) is 0 Å². The van der Waals surface area contributed by atoms with E-state index in [4.69, 9.17) is 0 Å². The van der Waals surface area contributed by atoms with Crippen molar-refractivity contribution in [3.63, 3.8) is 0 Å². The Morgan fingerprint density at radius 2 is 2.00 bits per heavy atom. The van der Waals surface area contributed by atoms with Crippen LogP contribution in [-0.4, -0.2) is 17.8 Å². The zero-order valence-electron chi connectivity index (χ0n) is 10.6.